The van der Waals surface area contributed by atoms with Gasteiger partial charge in [0.05, 0.1) is 24.3 Å². The number of fused-ring (bicyclic) bond motifs is 1. The Hall–Kier alpha value is -2.32. The maximum Gasteiger partial charge on any atom is 0.213 e. The zero-order chi connectivity index (χ0) is 19.6. The molecule has 1 atom stereocenters. The van der Waals surface area contributed by atoms with Gasteiger partial charge in [0.1, 0.15) is 5.82 Å². The monoisotopic (exact) mass is 377 g/mol. The first kappa shape index (κ1) is 21.0. The van der Waals surface area contributed by atoms with Crippen molar-refractivity contribution in [2.45, 2.75) is 25.8 Å². The number of halogens is 1. The van der Waals surface area contributed by atoms with E-state index in [-0.39, 0.29) is 11.9 Å². The zero-order valence-corrected chi connectivity index (χ0v) is 16.2. The van der Waals surface area contributed by atoms with Gasteiger partial charge in [-0.3, -0.25) is 9.78 Å². The molecule has 0 saturated carbocycles. The van der Waals surface area contributed by atoms with Crippen LogP contribution in [0.3, 0.4) is 0 Å². The first-order valence-corrected chi connectivity index (χ1v) is 9.17. The second-order valence-electron chi connectivity index (χ2n) is 6.32. The lowest BCUT2D eigenvalue weighted by Crippen LogP contribution is -2.40. The average Bonchev–Trinajstić information content (AvgIpc) is 2.69. The molecule has 2 aromatic rings. The molecule has 2 aromatic heterocycles. The van der Waals surface area contributed by atoms with Crippen LogP contribution in [0.4, 0.5) is 4.39 Å². The highest BCUT2D eigenvalue weighted by Crippen LogP contribution is 2.21. The number of rotatable bonds is 12. The molecule has 2 rings (SSSR count). The minimum Gasteiger partial charge on any atom is -0.481 e. The van der Waals surface area contributed by atoms with Gasteiger partial charge >= 0.3 is 0 Å². The Balaban J connectivity index is 2.07. The Kier molecular flexibility index (Phi) is 8.35. The molecule has 0 fully saturated rings. The molecular formula is C19H28FN5O2. The highest BCUT2D eigenvalue weighted by atomic mass is 19.1. The van der Waals surface area contributed by atoms with E-state index in [1.54, 1.807) is 12.1 Å². The van der Waals surface area contributed by atoms with Crippen LogP contribution in [0.25, 0.3) is 11.0 Å². The molecule has 0 radical (unpaired) electrons. The number of ether oxygens (including phenoxy) is 1. The van der Waals surface area contributed by atoms with Crippen LogP contribution in [0, 0.1) is 5.82 Å². The van der Waals surface area contributed by atoms with E-state index < -0.39 is 0 Å². The maximum absolute atomic E-state index is 14.4. The number of nitrogens with one attached hydrogen (secondary N) is 2. The summed E-state index contributed by atoms with van der Waals surface area (Å²) in [5.74, 6) is 0.0910. The summed E-state index contributed by atoms with van der Waals surface area (Å²) in [6.07, 6.45) is 3.32. The van der Waals surface area contributed by atoms with Crippen molar-refractivity contribution in [3.05, 3.63) is 29.7 Å². The van der Waals surface area contributed by atoms with Crippen molar-refractivity contribution in [3.63, 3.8) is 0 Å². The number of aromatic nitrogens is 2. The number of pyridine rings is 2. The summed E-state index contributed by atoms with van der Waals surface area (Å²) in [4.78, 5) is 21.4. The van der Waals surface area contributed by atoms with Gasteiger partial charge in [-0.15, -0.1) is 0 Å². The minimum absolute atomic E-state index is 0.0750. The van der Waals surface area contributed by atoms with Gasteiger partial charge in [0.15, 0.2) is 0 Å². The van der Waals surface area contributed by atoms with Crippen LogP contribution in [0.5, 0.6) is 5.88 Å². The number of carbonyl (C=O) groups is 1. The summed E-state index contributed by atoms with van der Waals surface area (Å²) in [5, 5.41) is 5.89. The molecule has 0 spiro atoms. The summed E-state index contributed by atoms with van der Waals surface area (Å²) in [6.45, 7) is 5.13. The van der Waals surface area contributed by atoms with Crippen LogP contribution in [-0.2, 0) is 11.2 Å². The maximum atomic E-state index is 14.4. The minimum atomic E-state index is -0.352. The zero-order valence-electron chi connectivity index (χ0n) is 16.2. The Bertz CT molecular complexity index is 743. The summed E-state index contributed by atoms with van der Waals surface area (Å²) in [5.41, 5.74) is 1.75. The van der Waals surface area contributed by atoms with Gasteiger partial charge < -0.3 is 20.3 Å². The van der Waals surface area contributed by atoms with Crippen LogP contribution in [0.1, 0.15) is 18.9 Å². The van der Waals surface area contributed by atoms with E-state index in [0.717, 1.165) is 25.9 Å². The largest absolute Gasteiger partial charge is 0.481 e. The summed E-state index contributed by atoms with van der Waals surface area (Å²) >= 11 is 0. The van der Waals surface area contributed by atoms with Crippen molar-refractivity contribution in [2.24, 2.45) is 0 Å². The van der Waals surface area contributed by atoms with Crippen LogP contribution in [0.15, 0.2) is 18.3 Å². The number of carbonyl (C=O) groups excluding carboxylic acids is 1. The van der Waals surface area contributed by atoms with Gasteiger partial charge in [0.2, 0.25) is 12.3 Å². The van der Waals surface area contributed by atoms with Crippen LogP contribution >= 0.6 is 0 Å². The van der Waals surface area contributed by atoms with E-state index in [2.05, 4.69) is 32.4 Å². The van der Waals surface area contributed by atoms with E-state index in [4.69, 9.17) is 4.74 Å². The molecule has 148 valence electrons. The van der Waals surface area contributed by atoms with Crippen LogP contribution in [0.2, 0.25) is 0 Å². The van der Waals surface area contributed by atoms with Gasteiger partial charge in [-0.2, -0.15) is 0 Å². The number of likely N-dealkylation sites (N-methyl/N-ethyl adjacent to an activating group) is 2. The Morgan fingerprint density at radius 2 is 2.19 bits per heavy atom. The normalized spacial score (nSPS) is 12.3. The molecule has 2 N–H and O–H groups in total. The molecule has 0 aliphatic rings. The smallest absolute Gasteiger partial charge is 0.213 e. The highest BCUT2D eigenvalue weighted by molar-refractivity contribution is 5.78. The quantitative estimate of drug-likeness (QED) is 0.544. The molecule has 27 heavy (non-hydrogen) atoms. The van der Waals surface area contributed by atoms with Gasteiger partial charge in [-0.1, -0.05) is 6.92 Å². The predicted octanol–water partition coefficient (Wildman–Crippen LogP) is 1.37. The third kappa shape index (κ3) is 5.83. The number of hydrogen-bond acceptors (Lipinski definition) is 6. The highest BCUT2D eigenvalue weighted by Gasteiger charge is 2.14. The lowest BCUT2D eigenvalue weighted by atomic mass is 10.1. The Morgan fingerprint density at radius 1 is 1.37 bits per heavy atom. The molecule has 0 aliphatic carbocycles. The summed E-state index contributed by atoms with van der Waals surface area (Å²) in [7, 11) is 3.39. The third-order valence-corrected chi connectivity index (χ3v) is 4.62. The fraction of sp³-hybridized carbons (Fsp3) is 0.526. The fourth-order valence-corrected chi connectivity index (χ4v) is 3.05. The molecule has 2 heterocycles. The standard InChI is InChI=1S/C19H28FN5O2/c1-4-25(9-7-14(11-21-2)23-13-26)10-8-15-16(20)12-22-17-5-6-18(27-3)24-19(15)17/h5-6,12-14,21H,4,7-11H2,1-3H3,(H,23,26). The van der Waals surface area contributed by atoms with Gasteiger partial charge in [0.25, 0.3) is 0 Å². The molecule has 0 bridgehead atoms. The van der Waals surface area contributed by atoms with E-state index >= 15 is 0 Å². The van der Waals surface area contributed by atoms with E-state index in [1.165, 1.54) is 13.3 Å². The van der Waals surface area contributed by atoms with Crippen molar-refractivity contribution >= 4 is 17.4 Å². The predicted molar refractivity (Wildman–Crippen MR) is 103 cm³/mol. The van der Waals surface area contributed by atoms with E-state index in [0.29, 0.717) is 42.0 Å². The molecule has 0 aliphatic heterocycles. The van der Waals surface area contributed by atoms with Crippen molar-refractivity contribution < 1.29 is 13.9 Å². The van der Waals surface area contributed by atoms with Crippen LogP contribution in [-0.4, -0.2) is 67.7 Å². The number of methoxy groups -OCH3 is 1. The topological polar surface area (TPSA) is 79.4 Å². The SMILES string of the molecule is CCN(CCc1c(F)cnc2ccc(OC)nc12)CCC(CNC)NC=O. The third-order valence-electron chi connectivity index (χ3n) is 4.62. The first-order chi connectivity index (χ1) is 13.1. The molecule has 0 saturated heterocycles. The molecule has 1 unspecified atom stereocenters. The van der Waals surface area contributed by atoms with Gasteiger partial charge in [-0.05, 0) is 32.5 Å². The molecule has 8 heteroatoms. The lowest BCUT2D eigenvalue weighted by Gasteiger charge is -2.24. The summed E-state index contributed by atoms with van der Waals surface area (Å²) in [6, 6.07) is 3.58. The Morgan fingerprint density at radius 3 is 2.85 bits per heavy atom. The average molecular weight is 377 g/mol. The van der Waals surface area contributed by atoms with E-state index in [9.17, 15) is 9.18 Å². The fourth-order valence-electron chi connectivity index (χ4n) is 3.05. The van der Waals surface area contributed by atoms with Crippen molar-refractivity contribution in [1.29, 1.82) is 0 Å². The van der Waals surface area contributed by atoms with Gasteiger partial charge in [0, 0.05) is 37.3 Å². The molecule has 1 amide bonds. The van der Waals surface area contributed by atoms with Crippen LogP contribution < -0.4 is 15.4 Å². The number of amides is 1. The first-order valence-electron chi connectivity index (χ1n) is 9.17. The van der Waals surface area contributed by atoms with Crippen molar-refractivity contribution in [3.8, 4) is 5.88 Å². The number of nitrogens with zero attached hydrogens (tertiary/aromatic N) is 3. The summed E-state index contributed by atoms with van der Waals surface area (Å²) < 4.78 is 19.6. The van der Waals surface area contributed by atoms with Gasteiger partial charge in [-0.25, -0.2) is 9.37 Å². The van der Waals surface area contributed by atoms with Crippen molar-refractivity contribution in [1.82, 2.24) is 25.5 Å². The lowest BCUT2D eigenvalue weighted by molar-refractivity contribution is -0.110. The van der Waals surface area contributed by atoms with Crippen molar-refractivity contribution in [2.75, 3.05) is 40.3 Å². The second kappa shape index (κ2) is 10.7. The van der Waals surface area contributed by atoms with E-state index in [1.807, 2.05) is 7.05 Å². The Labute approximate surface area is 159 Å². The molecular weight excluding hydrogens is 349 g/mol. The molecule has 7 nitrogen and oxygen atoms in total. The number of hydrogen-bond donors (Lipinski definition) is 2. The second-order valence-corrected chi connectivity index (χ2v) is 6.32. The molecule has 0 aromatic carbocycles.